The molecule has 1 aromatic heterocycles. The first kappa shape index (κ1) is 13.6. The number of thiazole rings is 1. The van der Waals surface area contributed by atoms with Gasteiger partial charge >= 0.3 is 0 Å². The summed E-state index contributed by atoms with van der Waals surface area (Å²) in [5.41, 5.74) is 1.12. The molecular weight excluding hydrogens is 266 g/mol. The van der Waals surface area contributed by atoms with Crippen molar-refractivity contribution in [1.29, 1.82) is 0 Å². The topological polar surface area (TPSA) is 28.2 Å². The third kappa shape index (κ3) is 2.60. The number of halogens is 1. The summed E-state index contributed by atoms with van der Waals surface area (Å²) in [7, 11) is 2.17. The lowest BCUT2D eigenvalue weighted by Crippen LogP contribution is -2.41. The number of hydrogen-bond donors (Lipinski definition) is 1. The smallest absolute Gasteiger partial charge is 0.186 e. The van der Waals surface area contributed by atoms with Crippen LogP contribution in [0.1, 0.15) is 12.8 Å². The lowest BCUT2D eigenvalue weighted by atomic mass is 10.1. The van der Waals surface area contributed by atoms with Gasteiger partial charge in [0.15, 0.2) is 5.13 Å². The van der Waals surface area contributed by atoms with E-state index in [2.05, 4.69) is 41.5 Å². The largest absolute Gasteiger partial charge is 0.348 e. The Hall–Kier alpha value is -0.840. The van der Waals surface area contributed by atoms with Crippen LogP contribution in [0.2, 0.25) is 0 Å². The van der Waals surface area contributed by atoms with Crippen molar-refractivity contribution in [2.75, 3.05) is 25.0 Å². The Balaban J connectivity index is 0.00000120. The molecule has 5 heteroatoms. The fraction of sp³-hybridized carbons (Fsp3) is 0.462. The number of nitrogens with zero attached hydrogens (tertiary/aromatic N) is 2. The van der Waals surface area contributed by atoms with Crippen molar-refractivity contribution in [2.24, 2.45) is 0 Å². The van der Waals surface area contributed by atoms with Crippen molar-refractivity contribution in [3.05, 3.63) is 24.3 Å². The van der Waals surface area contributed by atoms with Crippen molar-refractivity contribution in [3.8, 4) is 0 Å². The second kappa shape index (κ2) is 5.87. The molecule has 0 amide bonds. The van der Waals surface area contributed by atoms with Gasteiger partial charge in [-0.3, -0.25) is 0 Å². The summed E-state index contributed by atoms with van der Waals surface area (Å²) in [6, 6.07) is 9.00. The lowest BCUT2D eigenvalue weighted by molar-refractivity contribution is 0.443. The number of aromatic nitrogens is 1. The summed E-state index contributed by atoms with van der Waals surface area (Å²) in [6.07, 6.45) is 2.43. The van der Waals surface area contributed by atoms with E-state index in [0.29, 0.717) is 6.04 Å². The molecule has 0 radical (unpaired) electrons. The molecule has 18 heavy (non-hydrogen) atoms. The van der Waals surface area contributed by atoms with Crippen LogP contribution in [0.3, 0.4) is 0 Å². The van der Waals surface area contributed by atoms with Crippen LogP contribution in [-0.2, 0) is 0 Å². The summed E-state index contributed by atoms with van der Waals surface area (Å²) in [5, 5.41) is 4.55. The van der Waals surface area contributed by atoms with Crippen LogP contribution in [0.15, 0.2) is 24.3 Å². The van der Waals surface area contributed by atoms with Crippen molar-refractivity contribution in [3.63, 3.8) is 0 Å². The van der Waals surface area contributed by atoms with E-state index in [4.69, 9.17) is 4.98 Å². The van der Waals surface area contributed by atoms with Crippen LogP contribution in [-0.4, -0.2) is 31.2 Å². The molecule has 0 aliphatic carbocycles. The van der Waals surface area contributed by atoms with Crippen molar-refractivity contribution < 1.29 is 0 Å². The van der Waals surface area contributed by atoms with Gasteiger partial charge in [-0.15, -0.1) is 12.4 Å². The van der Waals surface area contributed by atoms with Crippen molar-refractivity contribution in [2.45, 2.75) is 18.9 Å². The number of nitrogens with one attached hydrogen (secondary N) is 1. The summed E-state index contributed by atoms with van der Waals surface area (Å²) in [5.74, 6) is 0. The molecule has 1 aliphatic rings. The van der Waals surface area contributed by atoms with Crippen molar-refractivity contribution >= 4 is 39.1 Å². The van der Waals surface area contributed by atoms with E-state index in [1.807, 2.05) is 0 Å². The van der Waals surface area contributed by atoms with Gasteiger partial charge in [0.1, 0.15) is 0 Å². The molecule has 0 unspecified atom stereocenters. The maximum atomic E-state index is 4.71. The fourth-order valence-corrected chi connectivity index (χ4v) is 3.36. The van der Waals surface area contributed by atoms with Gasteiger partial charge in [0.05, 0.1) is 10.2 Å². The molecule has 0 spiro atoms. The summed E-state index contributed by atoms with van der Waals surface area (Å²) in [6.45, 7) is 2.25. The van der Waals surface area contributed by atoms with E-state index in [-0.39, 0.29) is 12.4 Å². The second-order valence-corrected chi connectivity index (χ2v) is 5.57. The standard InChI is InChI=1S/C13H17N3S.ClH/c1-16(10-6-8-14-9-7-10)13-15-11-4-2-3-5-12(11)17-13;/h2-5,10,14H,6-9H2,1H3;1H. The zero-order chi connectivity index (χ0) is 11.7. The summed E-state index contributed by atoms with van der Waals surface area (Å²) < 4.78 is 1.28. The highest BCUT2D eigenvalue weighted by Gasteiger charge is 2.20. The quantitative estimate of drug-likeness (QED) is 0.919. The van der Waals surface area contributed by atoms with E-state index in [1.165, 1.54) is 17.5 Å². The molecule has 98 valence electrons. The minimum Gasteiger partial charge on any atom is -0.348 e. The Kier molecular flexibility index (Phi) is 4.43. The number of fused-ring (bicyclic) bond motifs is 1. The zero-order valence-electron chi connectivity index (χ0n) is 10.4. The van der Waals surface area contributed by atoms with E-state index in [0.717, 1.165) is 23.7 Å². The van der Waals surface area contributed by atoms with Crippen LogP contribution in [0.4, 0.5) is 5.13 Å². The van der Waals surface area contributed by atoms with Crippen LogP contribution in [0.25, 0.3) is 10.2 Å². The van der Waals surface area contributed by atoms with Gasteiger partial charge in [0.25, 0.3) is 0 Å². The second-order valence-electron chi connectivity index (χ2n) is 4.56. The van der Waals surface area contributed by atoms with Crippen LogP contribution < -0.4 is 10.2 Å². The third-order valence-corrected chi connectivity index (χ3v) is 4.57. The third-order valence-electron chi connectivity index (χ3n) is 3.44. The first-order valence-corrected chi connectivity index (χ1v) is 6.95. The normalized spacial score (nSPS) is 16.5. The number of rotatable bonds is 2. The molecule has 0 atom stereocenters. The average Bonchev–Trinajstić information content (AvgIpc) is 2.82. The first-order chi connectivity index (χ1) is 8.34. The highest BCUT2D eigenvalue weighted by atomic mass is 35.5. The SMILES string of the molecule is CN(c1nc2ccccc2s1)C1CCNCC1.Cl. The van der Waals surface area contributed by atoms with E-state index in [9.17, 15) is 0 Å². The van der Waals surface area contributed by atoms with Crippen molar-refractivity contribution in [1.82, 2.24) is 10.3 Å². The van der Waals surface area contributed by atoms with Crippen LogP contribution in [0, 0.1) is 0 Å². The number of piperidine rings is 1. The highest BCUT2D eigenvalue weighted by molar-refractivity contribution is 7.22. The predicted molar refractivity (Wildman–Crippen MR) is 81.2 cm³/mol. The Bertz CT molecular complexity index is 475. The van der Waals surface area contributed by atoms with Crippen LogP contribution >= 0.6 is 23.7 Å². The van der Waals surface area contributed by atoms with Crippen LogP contribution in [0.5, 0.6) is 0 Å². The van der Waals surface area contributed by atoms with E-state index < -0.39 is 0 Å². The zero-order valence-corrected chi connectivity index (χ0v) is 12.1. The lowest BCUT2D eigenvalue weighted by Gasteiger charge is -2.31. The fourth-order valence-electron chi connectivity index (χ4n) is 2.36. The Morgan fingerprint density at radius 3 is 2.72 bits per heavy atom. The summed E-state index contributed by atoms with van der Waals surface area (Å²) in [4.78, 5) is 7.06. The van der Waals surface area contributed by atoms with E-state index in [1.54, 1.807) is 11.3 Å². The van der Waals surface area contributed by atoms with Gasteiger partial charge in [-0.1, -0.05) is 23.5 Å². The molecule has 0 bridgehead atoms. The Labute approximate surface area is 118 Å². The maximum absolute atomic E-state index is 4.71. The Morgan fingerprint density at radius 2 is 2.00 bits per heavy atom. The number of para-hydroxylation sites is 1. The number of hydrogen-bond acceptors (Lipinski definition) is 4. The predicted octanol–water partition coefficient (Wildman–Crippen LogP) is 2.91. The Morgan fingerprint density at radius 1 is 1.28 bits per heavy atom. The highest BCUT2D eigenvalue weighted by Crippen LogP contribution is 2.30. The van der Waals surface area contributed by atoms with Gasteiger partial charge in [-0.2, -0.15) is 0 Å². The minimum absolute atomic E-state index is 0. The van der Waals surface area contributed by atoms with E-state index >= 15 is 0 Å². The molecule has 0 saturated carbocycles. The molecule has 1 aromatic carbocycles. The average molecular weight is 284 g/mol. The summed E-state index contributed by atoms with van der Waals surface area (Å²) >= 11 is 1.79. The minimum atomic E-state index is 0. The molecule has 3 rings (SSSR count). The first-order valence-electron chi connectivity index (χ1n) is 6.14. The molecule has 1 fully saturated rings. The molecule has 1 N–H and O–H groups in total. The number of anilines is 1. The molecule has 2 aromatic rings. The molecule has 1 saturated heterocycles. The van der Waals surface area contributed by atoms with Gasteiger partial charge in [-0.05, 0) is 38.1 Å². The monoisotopic (exact) mass is 283 g/mol. The molecule has 2 heterocycles. The molecule has 1 aliphatic heterocycles. The molecular formula is C13H18ClN3S. The molecule has 3 nitrogen and oxygen atoms in total. The number of benzene rings is 1. The van der Waals surface area contributed by atoms with Gasteiger partial charge in [0, 0.05) is 13.1 Å². The van der Waals surface area contributed by atoms with Gasteiger partial charge in [0.2, 0.25) is 0 Å². The maximum Gasteiger partial charge on any atom is 0.186 e. The van der Waals surface area contributed by atoms with Gasteiger partial charge in [-0.25, -0.2) is 4.98 Å². The van der Waals surface area contributed by atoms with Gasteiger partial charge < -0.3 is 10.2 Å².